The fourth-order valence-electron chi connectivity index (χ4n) is 0.896. The van der Waals surface area contributed by atoms with Gasteiger partial charge in [0.05, 0.1) is 10.7 Å². The van der Waals surface area contributed by atoms with E-state index in [-0.39, 0.29) is 0 Å². The Bertz CT molecular complexity index is 447. The molecule has 0 amide bonds. The second-order valence-corrected chi connectivity index (χ2v) is 5.46. The zero-order chi connectivity index (χ0) is 12.1. The molecule has 84 valence electrons. The molecule has 1 aromatic rings. The third-order valence-corrected chi connectivity index (χ3v) is 4.25. The fraction of sp³-hybridized carbons (Fsp3) is 0.111. The first kappa shape index (κ1) is 13.8. The number of benzene rings is 1. The van der Waals surface area contributed by atoms with Gasteiger partial charge in [-0.15, -0.1) is 0 Å². The van der Waals surface area contributed by atoms with Crippen LogP contribution in [0.5, 0.6) is 0 Å². The molecule has 0 aliphatic carbocycles. The van der Waals surface area contributed by atoms with Crippen molar-refractivity contribution in [2.45, 2.75) is 0 Å². The average Bonchev–Trinajstić information content (AvgIpc) is 2.25. The molecule has 0 bridgehead atoms. The van der Waals surface area contributed by atoms with Crippen molar-refractivity contribution in [1.29, 1.82) is 5.26 Å². The lowest BCUT2D eigenvalue weighted by molar-refractivity contribution is 1.28. The third kappa shape index (κ3) is 3.67. The predicted octanol–water partition coefficient (Wildman–Crippen LogP) is 4.29. The molecule has 3 nitrogen and oxygen atoms in total. The number of amidine groups is 1. The van der Waals surface area contributed by atoms with Crippen LogP contribution in [0.25, 0.3) is 0 Å². The van der Waals surface area contributed by atoms with Crippen LogP contribution < -0.4 is 5.32 Å². The zero-order valence-electron chi connectivity index (χ0n) is 8.09. The van der Waals surface area contributed by atoms with Crippen molar-refractivity contribution in [3.63, 3.8) is 0 Å². The summed E-state index contributed by atoms with van der Waals surface area (Å²) >= 11 is 14.0. The van der Waals surface area contributed by atoms with E-state index < -0.39 is 0 Å². The summed E-state index contributed by atoms with van der Waals surface area (Å²) in [6.45, 7) is 0. The molecule has 0 radical (unpaired) electrons. The van der Waals surface area contributed by atoms with Crippen LogP contribution in [0.2, 0.25) is 5.02 Å². The van der Waals surface area contributed by atoms with Crippen LogP contribution in [0.15, 0.2) is 26.1 Å². The van der Waals surface area contributed by atoms with Crippen molar-refractivity contribution in [2.75, 3.05) is 6.26 Å². The van der Waals surface area contributed by atoms with E-state index in [0.717, 1.165) is 8.95 Å². The number of nitrogens with one attached hydrogen (secondary N) is 1. The molecule has 0 fully saturated rings. The Kier molecular flexibility index (Phi) is 5.62. The van der Waals surface area contributed by atoms with E-state index in [1.807, 2.05) is 12.4 Å². The van der Waals surface area contributed by atoms with Gasteiger partial charge in [0.25, 0.3) is 0 Å². The number of rotatable bonds is 1. The Morgan fingerprint density at radius 2 is 2.06 bits per heavy atom. The highest BCUT2D eigenvalue weighted by Crippen LogP contribution is 2.34. The van der Waals surface area contributed by atoms with Crippen LogP contribution in [-0.2, 0) is 0 Å². The first-order valence-corrected chi connectivity index (χ1v) is 7.19. The number of hydrogen-bond donors (Lipinski definition) is 1. The van der Waals surface area contributed by atoms with Crippen molar-refractivity contribution < 1.29 is 0 Å². The summed E-state index contributed by atoms with van der Waals surface area (Å²) in [6.07, 6.45) is 3.66. The van der Waals surface area contributed by atoms with E-state index >= 15 is 0 Å². The Hall–Kier alpha value is -0.220. The molecule has 0 aromatic heterocycles. The Balaban J connectivity index is 3.11. The minimum atomic E-state index is 0.531. The first-order chi connectivity index (χ1) is 7.58. The molecule has 1 rings (SSSR count). The fourth-order valence-corrected chi connectivity index (χ4v) is 2.51. The molecule has 1 aromatic carbocycles. The van der Waals surface area contributed by atoms with Crippen LogP contribution in [0.4, 0.5) is 5.69 Å². The molecule has 0 aliphatic rings. The minimum Gasteiger partial charge on any atom is -0.271 e. The van der Waals surface area contributed by atoms with Gasteiger partial charge in [-0.2, -0.15) is 5.26 Å². The lowest BCUT2D eigenvalue weighted by atomic mass is 10.3. The summed E-state index contributed by atoms with van der Waals surface area (Å²) < 4.78 is 1.50. The SMILES string of the molecule is CSC(=Nc1cc(Br)c(Cl)c(Br)c1)NC#N. The van der Waals surface area contributed by atoms with Gasteiger partial charge in [-0.05, 0) is 50.2 Å². The molecule has 1 N–H and O–H groups in total. The number of thioether (sulfide) groups is 1. The minimum absolute atomic E-state index is 0.531. The largest absolute Gasteiger partial charge is 0.271 e. The summed E-state index contributed by atoms with van der Waals surface area (Å²) in [4.78, 5) is 4.26. The maximum Gasteiger partial charge on any atom is 0.183 e. The summed E-state index contributed by atoms with van der Waals surface area (Å²) in [7, 11) is 0. The van der Waals surface area contributed by atoms with Crippen LogP contribution in [0.3, 0.4) is 0 Å². The van der Waals surface area contributed by atoms with E-state index in [2.05, 4.69) is 42.2 Å². The van der Waals surface area contributed by atoms with E-state index in [9.17, 15) is 0 Å². The number of aliphatic imine (C=N–C) groups is 1. The van der Waals surface area contributed by atoms with Gasteiger partial charge >= 0.3 is 0 Å². The molecule has 16 heavy (non-hydrogen) atoms. The van der Waals surface area contributed by atoms with Gasteiger partial charge in [-0.1, -0.05) is 23.4 Å². The van der Waals surface area contributed by atoms with Gasteiger partial charge in [0.1, 0.15) is 0 Å². The van der Waals surface area contributed by atoms with E-state index in [1.165, 1.54) is 11.8 Å². The molecular formula is C9H6Br2ClN3S. The maximum atomic E-state index is 8.50. The third-order valence-electron chi connectivity index (χ3n) is 1.56. The van der Waals surface area contributed by atoms with Crippen LogP contribution in [0.1, 0.15) is 0 Å². The van der Waals surface area contributed by atoms with Crippen molar-refractivity contribution in [1.82, 2.24) is 5.32 Å². The summed E-state index contributed by atoms with van der Waals surface area (Å²) in [5.74, 6) is 0. The summed E-state index contributed by atoms with van der Waals surface area (Å²) in [5.41, 5.74) is 0.704. The van der Waals surface area contributed by atoms with Gasteiger partial charge in [-0.3, -0.25) is 5.32 Å². The van der Waals surface area contributed by atoms with Crippen molar-refractivity contribution >= 4 is 66.1 Å². The van der Waals surface area contributed by atoms with Gasteiger partial charge in [0, 0.05) is 8.95 Å². The molecule has 0 saturated carbocycles. The molecule has 0 atom stereocenters. The van der Waals surface area contributed by atoms with Gasteiger partial charge in [0.2, 0.25) is 0 Å². The van der Waals surface area contributed by atoms with E-state index in [1.54, 1.807) is 12.1 Å². The Labute approximate surface area is 120 Å². The second-order valence-electron chi connectivity index (χ2n) is 2.58. The summed E-state index contributed by atoms with van der Waals surface area (Å²) in [6, 6.07) is 3.56. The van der Waals surface area contributed by atoms with E-state index in [4.69, 9.17) is 16.9 Å². The number of nitriles is 1. The predicted molar refractivity (Wildman–Crippen MR) is 76.2 cm³/mol. The van der Waals surface area contributed by atoms with Crippen molar-refractivity contribution in [3.8, 4) is 6.19 Å². The lowest BCUT2D eigenvalue weighted by Crippen LogP contribution is -2.12. The highest BCUT2D eigenvalue weighted by molar-refractivity contribution is 9.11. The molecule has 0 spiro atoms. The monoisotopic (exact) mass is 381 g/mol. The Morgan fingerprint density at radius 3 is 2.50 bits per heavy atom. The quantitative estimate of drug-likeness (QED) is 0.259. The van der Waals surface area contributed by atoms with Gasteiger partial charge < -0.3 is 0 Å². The topological polar surface area (TPSA) is 48.2 Å². The molecule has 0 unspecified atom stereocenters. The highest BCUT2D eigenvalue weighted by atomic mass is 79.9. The molecule has 0 heterocycles. The number of nitrogens with zero attached hydrogens (tertiary/aromatic N) is 2. The van der Waals surface area contributed by atoms with Gasteiger partial charge in [-0.25, -0.2) is 4.99 Å². The smallest absolute Gasteiger partial charge is 0.183 e. The number of hydrogen-bond acceptors (Lipinski definition) is 3. The van der Waals surface area contributed by atoms with Crippen molar-refractivity contribution in [3.05, 3.63) is 26.1 Å². The normalized spacial score (nSPS) is 11.1. The second kappa shape index (κ2) is 6.50. The molecule has 0 aliphatic heterocycles. The summed E-state index contributed by atoms with van der Waals surface area (Å²) in [5, 5.41) is 12.1. The standard InChI is InChI=1S/C9H6Br2ClN3S/c1-16-9(14-4-13)15-5-2-6(10)8(12)7(11)3-5/h2-3H,1H3,(H,14,15). The van der Waals surface area contributed by atoms with Crippen LogP contribution >= 0.6 is 55.2 Å². The zero-order valence-corrected chi connectivity index (χ0v) is 12.8. The van der Waals surface area contributed by atoms with Crippen LogP contribution in [0, 0.1) is 11.5 Å². The van der Waals surface area contributed by atoms with Gasteiger partial charge in [0.15, 0.2) is 11.4 Å². The highest BCUT2D eigenvalue weighted by Gasteiger charge is 2.05. The first-order valence-electron chi connectivity index (χ1n) is 4.00. The lowest BCUT2D eigenvalue weighted by Gasteiger charge is -2.03. The Morgan fingerprint density at radius 1 is 1.50 bits per heavy atom. The van der Waals surface area contributed by atoms with Crippen molar-refractivity contribution in [2.24, 2.45) is 4.99 Å². The molecule has 0 saturated heterocycles. The number of halogens is 3. The average molecular weight is 383 g/mol. The maximum absolute atomic E-state index is 8.50. The van der Waals surface area contributed by atoms with Crippen LogP contribution in [-0.4, -0.2) is 11.4 Å². The molecule has 7 heteroatoms. The van der Waals surface area contributed by atoms with E-state index in [0.29, 0.717) is 15.9 Å². The molecular weight excluding hydrogens is 377 g/mol.